The molecule has 6 heteroatoms. The van der Waals surface area contributed by atoms with Crippen molar-refractivity contribution in [3.63, 3.8) is 0 Å². The third kappa shape index (κ3) is 3.27. The van der Waals surface area contributed by atoms with Gasteiger partial charge in [-0.1, -0.05) is 41.9 Å². The number of nitro groups is 1. The first kappa shape index (κ1) is 17.5. The number of hydrogen-bond donors (Lipinski definition) is 2. The van der Waals surface area contributed by atoms with Crippen molar-refractivity contribution in [1.29, 1.82) is 0 Å². The average Bonchev–Trinajstić information content (AvgIpc) is 2.68. The average molecular weight is 380 g/mol. The lowest BCUT2D eigenvalue weighted by molar-refractivity contribution is -0.384. The van der Waals surface area contributed by atoms with E-state index in [1.165, 1.54) is 12.1 Å². The molecule has 5 nitrogen and oxygen atoms in total. The highest BCUT2D eigenvalue weighted by molar-refractivity contribution is 6.30. The van der Waals surface area contributed by atoms with Crippen molar-refractivity contribution in [1.82, 2.24) is 5.32 Å². The number of non-ortho nitro benzene ring substituents is 1. The van der Waals surface area contributed by atoms with Crippen LogP contribution in [0.3, 0.4) is 0 Å². The maximum absolute atomic E-state index is 11.0. The fraction of sp³-hybridized carbons (Fsp3) is 0.143. The van der Waals surface area contributed by atoms with Crippen molar-refractivity contribution < 1.29 is 4.92 Å². The second-order valence-electron chi connectivity index (χ2n) is 6.77. The lowest BCUT2D eigenvalue weighted by Gasteiger charge is -2.43. The summed E-state index contributed by atoms with van der Waals surface area (Å²) < 4.78 is 0. The Bertz CT molecular complexity index is 992. The minimum Gasteiger partial charge on any atom is -0.363 e. The van der Waals surface area contributed by atoms with E-state index in [1.54, 1.807) is 12.1 Å². The van der Waals surface area contributed by atoms with Crippen molar-refractivity contribution in [2.75, 3.05) is 5.32 Å². The van der Waals surface area contributed by atoms with Gasteiger partial charge in [-0.2, -0.15) is 0 Å². The topological polar surface area (TPSA) is 67.2 Å². The van der Waals surface area contributed by atoms with Gasteiger partial charge in [0.1, 0.15) is 5.66 Å². The zero-order chi connectivity index (χ0) is 19.0. The second-order valence-corrected chi connectivity index (χ2v) is 7.21. The molecule has 0 bridgehead atoms. The van der Waals surface area contributed by atoms with Crippen molar-refractivity contribution in [3.05, 3.63) is 105 Å². The van der Waals surface area contributed by atoms with Crippen LogP contribution < -0.4 is 10.6 Å². The maximum Gasteiger partial charge on any atom is 0.269 e. The van der Waals surface area contributed by atoms with Crippen LogP contribution in [0.5, 0.6) is 0 Å². The molecule has 0 saturated carbocycles. The molecule has 0 unspecified atom stereocenters. The highest BCUT2D eigenvalue weighted by Crippen LogP contribution is 2.40. The van der Waals surface area contributed by atoms with Crippen LogP contribution in [0.25, 0.3) is 0 Å². The van der Waals surface area contributed by atoms with Crippen molar-refractivity contribution in [3.8, 4) is 0 Å². The number of benzene rings is 3. The number of rotatable bonds is 3. The molecule has 3 aromatic rings. The Balaban J connectivity index is 1.80. The van der Waals surface area contributed by atoms with Crippen LogP contribution in [0.1, 0.15) is 29.7 Å². The highest BCUT2D eigenvalue weighted by atomic mass is 35.5. The quantitative estimate of drug-likeness (QED) is 0.483. The smallest absolute Gasteiger partial charge is 0.269 e. The normalized spacial score (nSPS) is 21.2. The van der Waals surface area contributed by atoms with E-state index in [-0.39, 0.29) is 11.7 Å². The number of nitrogens with one attached hydrogen (secondary N) is 2. The first-order valence-electron chi connectivity index (χ1n) is 8.61. The second kappa shape index (κ2) is 6.68. The summed E-state index contributed by atoms with van der Waals surface area (Å²) in [4.78, 5) is 10.6. The van der Waals surface area contributed by atoms with E-state index in [0.29, 0.717) is 5.02 Å². The number of anilines is 1. The van der Waals surface area contributed by atoms with E-state index in [0.717, 1.165) is 22.4 Å². The van der Waals surface area contributed by atoms with Crippen molar-refractivity contribution in [2.45, 2.75) is 18.6 Å². The lowest BCUT2D eigenvalue weighted by atomic mass is 9.89. The third-order valence-electron chi connectivity index (χ3n) is 4.93. The fourth-order valence-corrected chi connectivity index (χ4v) is 3.72. The highest BCUT2D eigenvalue weighted by Gasteiger charge is 2.36. The molecule has 1 aliphatic heterocycles. The van der Waals surface area contributed by atoms with Gasteiger partial charge < -0.3 is 5.32 Å². The summed E-state index contributed by atoms with van der Waals surface area (Å²) in [5.41, 5.74) is 3.55. The molecule has 0 aromatic heterocycles. The summed E-state index contributed by atoms with van der Waals surface area (Å²) >= 11 is 6.25. The Morgan fingerprint density at radius 1 is 1.04 bits per heavy atom. The SMILES string of the molecule is C[C@@]1(c2ccc([N+](=O)[O-])cc2)Nc2ccc(Cl)cc2[C@H](c2ccccc2)N1. The Kier molecular flexibility index (Phi) is 4.34. The predicted molar refractivity (Wildman–Crippen MR) is 107 cm³/mol. The molecule has 1 heterocycles. The van der Waals surface area contributed by atoms with Crippen LogP contribution in [-0.4, -0.2) is 4.92 Å². The molecular formula is C21H18ClN3O2. The molecule has 0 radical (unpaired) electrons. The Labute approximate surface area is 162 Å². The largest absolute Gasteiger partial charge is 0.363 e. The van der Waals surface area contributed by atoms with Gasteiger partial charge in [0.15, 0.2) is 0 Å². The van der Waals surface area contributed by atoms with Crippen LogP contribution in [-0.2, 0) is 5.66 Å². The Morgan fingerprint density at radius 3 is 2.41 bits per heavy atom. The van der Waals surface area contributed by atoms with Gasteiger partial charge in [0.05, 0.1) is 11.0 Å². The Morgan fingerprint density at radius 2 is 1.74 bits per heavy atom. The molecule has 136 valence electrons. The van der Waals surface area contributed by atoms with Gasteiger partial charge in [-0.15, -0.1) is 0 Å². The Hall–Kier alpha value is -2.89. The summed E-state index contributed by atoms with van der Waals surface area (Å²) in [5.74, 6) is 0. The first-order chi connectivity index (χ1) is 13.0. The van der Waals surface area contributed by atoms with E-state index in [2.05, 4.69) is 22.8 Å². The minimum absolute atomic E-state index is 0.0682. The molecular weight excluding hydrogens is 362 g/mol. The van der Waals surface area contributed by atoms with Gasteiger partial charge in [-0.3, -0.25) is 15.4 Å². The van der Waals surface area contributed by atoms with E-state index < -0.39 is 10.6 Å². The fourth-order valence-electron chi connectivity index (χ4n) is 3.54. The summed E-state index contributed by atoms with van der Waals surface area (Å²) in [6.45, 7) is 2.03. The van der Waals surface area contributed by atoms with E-state index in [4.69, 9.17) is 11.6 Å². The molecule has 1 aliphatic rings. The molecule has 27 heavy (non-hydrogen) atoms. The van der Waals surface area contributed by atoms with Crippen LogP contribution in [0, 0.1) is 10.1 Å². The van der Waals surface area contributed by atoms with Crippen molar-refractivity contribution >= 4 is 23.0 Å². The minimum atomic E-state index is -0.601. The van der Waals surface area contributed by atoms with E-state index >= 15 is 0 Å². The molecule has 3 aromatic carbocycles. The summed E-state index contributed by atoms with van der Waals surface area (Å²) in [6, 6.07) is 22.5. The first-order valence-corrected chi connectivity index (χ1v) is 8.99. The molecule has 0 spiro atoms. The molecule has 2 N–H and O–H groups in total. The molecule has 0 amide bonds. The van der Waals surface area contributed by atoms with Gasteiger partial charge in [0, 0.05) is 22.8 Å². The third-order valence-corrected chi connectivity index (χ3v) is 5.17. The lowest BCUT2D eigenvalue weighted by Crippen LogP contribution is -2.51. The maximum atomic E-state index is 11.0. The van der Waals surface area contributed by atoms with Crippen LogP contribution in [0.4, 0.5) is 11.4 Å². The van der Waals surface area contributed by atoms with Crippen molar-refractivity contribution in [2.24, 2.45) is 0 Å². The van der Waals surface area contributed by atoms with Crippen LogP contribution >= 0.6 is 11.6 Å². The predicted octanol–water partition coefficient (Wildman–Crippen LogP) is 5.23. The van der Waals surface area contributed by atoms with Gasteiger partial charge in [0.25, 0.3) is 5.69 Å². The number of hydrogen-bond acceptors (Lipinski definition) is 4. The van der Waals surface area contributed by atoms with Gasteiger partial charge >= 0.3 is 0 Å². The number of fused-ring (bicyclic) bond motifs is 1. The molecule has 0 saturated heterocycles. The van der Waals surface area contributed by atoms with Gasteiger partial charge in [-0.05, 0) is 53.9 Å². The molecule has 0 fully saturated rings. The van der Waals surface area contributed by atoms with E-state index in [9.17, 15) is 10.1 Å². The molecule has 4 rings (SSSR count). The monoisotopic (exact) mass is 379 g/mol. The van der Waals surface area contributed by atoms with Crippen LogP contribution in [0.2, 0.25) is 5.02 Å². The number of nitro benzene ring substituents is 1. The van der Waals surface area contributed by atoms with E-state index in [1.807, 2.05) is 43.3 Å². The zero-order valence-electron chi connectivity index (χ0n) is 14.6. The molecule has 0 aliphatic carbocycles. The number of nitrogens with zero attached hydrogens (tertiary/aromatic N) is 1. The van der Waals surface area contributed by atoms with Gasteiger partial charge in [0.2, 0.25) is 0 Å². The number of halogens is 1. The molecule has 2 atom stereocenters. The summed E-state index contributed by atoms with van der Waals surface area (Å²) in [7, 11) is 0. The van der Waals surface area contributed by atoms with Gasteiger partial charge in [-0.25, -0.2) is 0 Å². The standard InChI is InChI=1S/C21H18ClN3O2/c1-21(15-7-10-17(11-8-15)25(26)27)23-19-12-9-16(22)13-18(19)20(24-21)14-5-3-2-4-6-14/h2-13,20,23-24H,1H3/t20-,21+/m0/s1. The zero-order valence-corrected chi connectivity index (χ0v) is 15.4. The van der Waals surface area contributed by atoms with Crippen LogP contribution in [0.15, 0.2) is 72.8 Å². The summed E-state index contributed by atoms with van der Waals surface area (Å²) in [5, 5.41) is 18.8. The summed E-state index contributed by atoms with van der Waals surface area (Å²) in [6.07, 6.45) is 0.